The van der Waals surface area contributed by atoms with Crippen LogP contribution in [0, 0.1) is 28.1 Å². The van der Waals surface area contributed by atoms with E-state index in [-0.39, 0.29) is 22.7 Å². The number of aliphatic hydroxyl groups is 1. The molecule has 3 heteroatoms. The molecule has 0 bridgehead atoms. The van der Waals surface area contributed by atoms with Gasteiger partial charge in [0.2, 0.25) is 0 Å². The number of nitrogens with zero attached hydrogens (tertiary/aromatic N) is 1. The molecule has 0 saturated heterocycles. The van der Waals surface area contributed by atoms with Gasteiger partial charge in [0.1, 0.15) is 6.07 Å². The third-order valence-electron chi connectivity index (χ3n) is 6.08. The lowest BCUT2D eigenvalue weighted by atomic mass is 9.50. The predicted octanol–water partition coefficient (Wildman–Crippen LogP) is 3.83. The standard InChI is InChI=1S/C21H25NO2/c1-19(2)17-9-10-21(24,11-15-7-5-4-6-8-15)14-20(17,3)12-16(13-22)18(19)23/h4-8,12,17,24H,9-11,14H2,1-3H3/t17?,20-,21-/m1/s1. The number of hydrogen-bond donors (Lipinski definition) is 1. The first kappa shape index (κ1) is 16.9. The van der Waals surface area contributed by atoms with Crippen molar-refractivity contribution in [3.63, 3.8) is 0 Å². The van der Waals surface area contributed by atoms with Crippen molar-refractivity contribution in [1.82, 2.24) is 0 Å². The fourth-order valence-corrected chi connectivity index (χ4v) is 5.11. The average Bonchev–Trinajstić information content (AvgIpc) is 2.51. The normalized spacial score (nSPS) is 34.9. The van der Waals surface area contributed by atoms with Gasteiger partial charge in [-0.25, -0.2) is 0 Å². The molecule has 0 spiro atoms. The highest BCUT2D eigenvalue weighted by Crippen LogP contribution is 2.57. The minimum Gasteiger partial charge on any atom is -0.390 e. The molecule has 0 amide bonds. The van der Waals surface area contributed by atoms with E-state index in [1.54, 1.807) is 0 Å². The molecule has 3 nitrogen and oxygen atoms in total. The zero-order valence-corrected chi connectivity index (χ0v) is 14.7. The molecule has 0 aliphatic heterocycles. The van der Waals surface area contributed by atoms with Crippen LogP contribution >= 0.6 is 0 Å². The van der Waals surface area contributed by atoms with Crippen LogP contribution in [-0.4, -0.2) is 16.5 Å². The van der Waals surface area contributed by atoms with Gasteiger partial charge in [0.25, 0.3) is 0 Å². The number of Topliss-reactive ketones (excluding diaryl/α,β-unsaturated/α-hetero) is 1. The zero-order valence-electron chi connectivity index (χ0n) is 14.7. The number of hydrogen-bond acceptors (Lipinski definition) is 3. The first-order valence-electron chi connectivity index (χ1n) is 8.64. The molecular weight excluding hydrogens is 298 g/mol. The molecule has 24 heavy (non-hydrogen) atoms. The van der Waals surface area contributed by atoms with Crippen molar-refractivity contribution in [2.24, 2.45) is 16.7 Å². The fourth-order valence-electron chi connectivity index (χ4n) is 5.11. The maximum Gasteiger partial charge on any atom is 0.178 e. The summed E-state index contributed by atoms with van der Waals surface area (Å²) in [5.41, 5.74) is -0.298. The second-order valence-corrected chi connectivity index (χ2v) is 8.38. The van der Waals surface area contributed by atoms with Crippen molar-refractivity contribution in [2.75, 3.05) is 0 Å². The van der Waals surface area contributed by atoms with Gasteiger partial charge in [-0.1, -0.05) is 57.2 Å². The molecule has 0 heterocycles. The molecular formula is C21H25NO2. The van der Waals surface area contributed by atoms with Gasteiger partial charge in [-0.15, -0.1) is 0 Å². The van der Waals surface area contributed by atoms with Gasteiger partial charge in [0, 0.05) is 11.8 Å². The van der Waals surface area contributed by atoms with E-state index in [2.05, 4.69) is 13.0 Å². The lowest BCUT2D eigenvalue weighted by molar-refractivity contribution is -0.137. The van der Waals surface area contributed by atoms with Gasteiger partial charge >= 0.3 is 0 Å². The van der Waals surface area contributed by atoms with Crippen LogP contribution < -0.4 is 0 Å². The fraction of sp³-hybridized carbons (Fsp3) is 0.524. The summed E-state index contributed by atoms with van der Waals surface area (Å²) in [6.07, 6.45) is 4.52. The van der Waals surface area contributed by atoms with Gasteiger partial charge < -0.3 is 5.11 Å². The number of allylic oxidation sites excluding steroid dienone is 2. The molecule has 2 aliphatic carbocycles. The number of carbonyl (C=O) groups excluding carboxylic acids is 1. The van der Waals surface area contributed by atoms with E-state index in [4.69, 9.17) is 0 Å². The average molecular weight is 323 g/mol. The highest BCUT2D eigenvalue weighted by Gasteiger charge is 2.56. The summed E-state index contributed by atoms with van der Waals surface area (Å²) >= 11 is 0. The van der Waals surface area contributed by atoms with Crippen LogP contribution in [0.25, 0.3) is 0 Å². The SMILES string of the molecule is CC1(C)C(=O)C(C#N)=C[C@]2(C)C[C@](O)(Cc3ccccc3)CCC12. The van der Waals surface area contributed by atoms with Crippen molar-refractivity contribution >= 4 is 5.78 Å². The summed E-state index contributed by atoms with van der Waals surface area (Å²) in [7, 11) is 0. The number of carbonyl (C=O) groups is 1. The van der Waals surface area contributed by atoms with Crippen LogP contribution in [0.15, 0.2) is 42.0 Å². The van der Waals surface area contributed by atoms with Gasteiger partial charge in [-0.05, 0) is 36.2 Å². The zero-order chi connectivity index (χ0) is 17.6. The summed E-state index contributed by atoms with van der Waals surface area (Å²) in [5, 5.41) is 20.6. The number of fused-ring (bicyclic) bond motifs is 1. The van der Waals surface area contributed by atoms with Crippen LogP contribution in [0.5, 0.6) is 0 Å². The molecule has 1 fully saturated rings. The number of benzene rings is 1. The molecule has 126 valence electrons. The van der Waals surface area contributed by atoms with Gasteiger partial charge in [0.15, 0.2) is 5.78 Å². The van der Waals surface area contributed by atoms with E-state index in [1.807, 2.05) is 50.3 Å². The molecule has 0 aromatic heterocycles. The Balaban J connectivity index is 1.94. The largest absolute Gasteiger partial charge is 0.390 e. The van der Waals surface area contributed by atoms with Crippen molar-refractivity contribution in [3.05, 3.63) is 47.5 Å². The van der Waals surface area contributed by atoms with E-state index in [1.165, 1.54) is 0 Å². The molecule has 3 rings (SSSR count). The smallest absolute Gasteiger partial charge is 0.178 e. The summed E-state index contributed by atoms with van der Waals surface area (Å²) < 4.78 is 0. The van der Waals surface area contributed by atoms with E-state index in [9.17, 15) is 15.2 Å². The highest BCUT2D eigenvalue weighted by atomic mass is 16.3. The lowest BCUT2D eigenvalue weighted by Gasteiger charge is -2.54. The van der Waals surface area contributed by atoms with E-state index < -0.39 is 11.0 Å². The third kappa shape index (κ3) is 2.70. The minimum absolute atomic E-state index is 0.0547. The Labute approximate surface area is 144 Å². The van der Waals surface area contributed by atoms with E-state index >= 15 is 0 Å². The Morgan fingerprint density at radius 2 is 1.92 bits per heavy atom. The summed E-state index contributed by atoms with van der Waals surface area (Å²) in [5.74, 6) is 0.103. The predicted molar refractivity (Wildman–Crippen MR) is 93.0 cm³/mol. The summed E-state index contributed by atoms with van der Waals surface area (Å²) in [6, 6.07) is 12.1. The third-order valence-corrected chi connectivity index (χ3v) is 6.08. The maximum atomic E-state index is 12.6. The second kappa shape index (κ2) is 5.57. The molecule has 1 N–H and O–H groups in total. The van der Waals surface area contributed by atoms with Crippen LogP contribution in [0.2, 0.25) is 0 Å². The lowest BCUT2D eigenvalue weighted by Crippen LogP contribution is -2.54. The summed E-state index contributed by atoms with van der Waals surface area (Å²) in [6.45, 7) is 5.99. The first-order valence-corrected chi connectivity index (χ1v) is 8.64. The quantitative estimate of drug-likeness (QED) is 0.900. The van der Waals surface area contributed by atoms with Crippen molar-refractivity contribution in [3.8, 4) is 6.07 Å². The maximum absolute atomic E-state index is 12.6. The van der Waals surface area contributed by atoms with E-state index in [0.717, 1.165) is 12.0 Å². The molecule has 1 saturated carbocycles. The molecule has 1 aromatic carbocycles. The van der Waals surface area contributed by atoms with Crippen molar-refractivity contribution < 1.29 is 9.90 Å². The molecule has 1 aromatic rings. The monoisotopic (exact) mass is 323 g/mol. The number of nitriles is 1. The minimum atomic E-state index is -0.792. The van der Waals surface area contributed by atoms with Crippen LogP contribution in [0.1, 0.15) is 45.6 Å². The first-order chi connectivity index (χ1) is 11.2. The van der Waals surface area contributed by atoms with E-state index in [0.29, 0.717) is 19.3 Å². The Morgan fingerprint density at radius 1 is 1.25 bits per heavy atom. The molecule has 3 atom stereocenters. The topological polar surface area (TPSA) is 61.1 Å². The highest BCUT2D eigenvalue weighted by molar-refractivity contribution is 6.04. The van der Waals surface area contributed by atoms with Gasteiger partial charge in [-0.3, -0.25) is 4.79 Å². The molecule has 1 unspecified atom stereocenters. The van der Waals surface area contributed by atoms with Crippen molar-refractivity contribution in [2.45, 2.75) is 52.1 Å². The second-order valence-electron chi connectivity index (χ2n) is 8.38. The Hall–Kier alpha value is -1.92. The summed E-state index contributed by atoms with van der Waals surface area (Å²) in [4.78, 5) is 12.6. The van der Waals surface area contributed by atoms with Crippen LogP contribution in [0.3, 0.4) is 0 Å². The Morgan fingerprint density at radius 3 is 2.54 bits per heavy atom. The number of rotatable bonds is 2. The van der Waals surface area contributed by atoms with Crippen LogP contribution in [-0.2, 0) is 11.2 Å². The molecule has 0 radical (unpaired) electrons. The van der Waals surface area contributed by atoms with Crippen molar-refractivity contribution in [1.29, 1.82) is 5.26 Å². The Kier molecular flexibility index (Phi) is 3.92. The van der Waals surface area contributed by atoms with Crippen LogP contribution in [0.4, 0.5) is 0 Å². The van der Waals surface area contributed by atoms with Gasteiger partial charge in [-0.2, -0.15) is 5.26 Å². The van der Waals surface area contributed by atoms with Gasteiger partial charge in [0.05, 0.1) is 11.2 Å². The molecule has 2 aliphatic rings. The number of ketones is 1. The Bertz CT molecular complexity index is 728.